The summed E-state index contributed by atoms with van der Waals surface area (Å²) in [6, 6.07) is 2.24. The Labute approximate surface area is 277 Å². The zero-order chi connectivity index (χ0) is 33.8. The van der Waals surface area contributed by atoms with Gasteiger partial charge in [0, 0.05) is 36.9 Å². The van der Waals surface area contributed by atoms with Crippen molar-refractivity contribution in [2.24, 2.45) is 5.92 Å². The SMILES string of the molecule is CC(C)(C)NC(=O)O[C@H]1CCCCCC=C[C@@H]2C[C@@]2(C(=O)NS(=O)(=O)N2CCCCC2c2cccnc2)NC(=O)[C@@H]2CCCN2C1=O. The maximum absolute atomic E-state index is 13.9. The van der Waals surface area contributed by atoms with Gasteiger partial charge in [-0.1, -0.05) is 31.1 Å². The fourth-order valence-electron chi connectivity index (χ4n) is 6.87. The van der Waals surface area contributed by atoms with Gasteiger partial charge < -0.3 is 20.3 Å². The van der Waals surface area contributed by atoms with Gasteiger partial charge >= 0.3 is 16.3 Å². The van der Waals surface area contributed by atoms with Crippen LogP contribution in [0.4, 0.5) is 4.79 Å². The molecular formula is C33H48N6O7S. The van der Waals surface area contributed by atoms with Crippen molar-refractivity contribution in [1.29, 1.82) is 0 Å². The predicted molar refractivity (Wildman–Crippen MR) is 174 cm³/mol. The molecule has 5 atom stereocenters. The van der Waals surface area contributed by atoms with Crippen LogP contribution in [-0.4, -0.2) is 82.7 Å². The minimum atomic E-state index is -4.27. The van der Waals surface area contributed by atoms with Crippen molar-refractivity contribution in [3.63, 3.8) is 0 Å². The van der Waals surface area contributed by atoms with Crippen molar-refractivity contribution in [3.8, 4) is 0 Å². The number of carbonyl (C=O) groups is 4. The van der Waals surface area contributed by atoms with E-state index in [1.807, 2.05) is 39.0 Å². The molecule has 4 heterocycles. The first-order valence-electron chi connectivity index (χ1n) is 16.8. The zero-order valence-electron chi connectivity index (χ0n) is 27.6. The van der Waals surface area contributed by atoms with Crippen molar-refractivity contribution >= 4 is 34.0 Å². The molecule has 0 aromatic carbocycles. The van der Waals surface area contributed by atoms with Crippen molar-refractivity contribution in [1.82, 2.24) is 29.5 Å². The topological polar surface area (TPSA) is 167 Å². The molecule has 258 valence electrons. The van der Waals surface area contributed by atoms with E-state index in [9.17, 15) is 27.6 Å². The molecule has 13 nitrogen and oxygen atoms in total. The average Bonchev–Trinajstić information content (AvgIpc) is 3.48. The summed E-state index contributed by atoms with van der Waals surface area (Å²) in [5.41, 5.74) is -1.28. The average molecular weight is 673 g/mol. The maximum atomic E-state index is 13.9. The molecule has 2 saturated heterocycles. The molecule has 0 bridgehead atoms. The molecule has 5 rings (SSSR count). The van der Waals surface area contributed by atoms with Crippen LogP contribution in [0, 0.1) is 5.92 Å². The van der Waals surface area contributed by atoms with E-state index in [1.165, 1.54) is 9.21 Å². The quantitative estimate of drug-likeness (QED) is 0.401. The van der Waals surface area contributed by atoms with Gasteiger partial charge in [0.05, 0.1) is 6.04 Å². The number of alkyl carbamates (subject to hydrolysis) is 1. The lowest BCUT2D eigenvalue weighted by Crippen LogP contribution is -2.58. The molecule has 1 aliphatic carbocycles. The number of hydrogen-bond acceptors (Lipinski definition) is 8. The molecule has 1 unspecified atom stereocenters. The van der Waals surface area contributed by atoms with Gasteiger partial charge in [-0.05, 0) is 90.2 Å². The third kappa shape index (κ3) is 8.32. The summed E-state index contributed by atoms with van der Waals surface area (Å²) in [4.78, 5) is 59.8. The van der Waals surface area contributed by atoms with Gasteiger partial charge in [0.15, 0.2) is 6.10 Å². The summed E-state index contributed by atoms with van der Waals surface area (Å²) in [6.07, 6.45) is 11.9. The third-order valence-electron chi connectivity index (χ3n) is 9.37. The summed E-state index contributed by atoms with van der Waals surface area (Å²) in [5, 5.41) is 5.61. The Morgan fingerprint density at radius 2 is 1.79 bits per heavy atom. The number of amides is 4. The normalized spacial score (nSPS) is 29.4. The second-order valence-corrected chi connectivity index (χ2v) is 15.8. The van der Waals surface area contributed by atoms with E-state index >= 15 is 0 Å². The monoisotopic (exact) mass is 672 g/mol. The fourth-order valence-corrected chi connectivity index (χ4v) is 8.33. The summed E-state index contributed by atoms with van der Waals surface area (Å²) < 4.78 is 36.7. The van der Waals surface area contributed by atoms with Crippen LogP contribution in [-0.2, 0) is 29.3 Å². The van der Waals surface area contributed by atoms with Gasteiger partial charge in [-0.3, -0.25) is 19.4 Å². The maximum Gasteiger partial charge on any atom is 0.408 e. The number of pyridine rings is 1. The number of fused-ring (bicyclic) bond motifs is 2. The highest BCUT2D eigenvalue weighted by molar-refractivity contribution is 7.87. The first-order chi connectivity index (χ1) is 22.3. The lowest BCUT2D eigenvalue weighted by atomic mass is 9.99. The molecular weight excluding hydrogens is 624 g/mol. The highest BCUT2D eigenvalue weighted by atomic mass is 32.2. The first kappa shape index (κ1) is 34.8. The molecule has 3 fully saturated rings. The van der Waals surface area contributed by atoms with Crippen LogP contribution in [0.1, 0.15) is 103 Å². The van der Waals surface area contributed by atoms with E-state index in [4.69, 9.17) is 4.74 Å². The predicted octanol–water partition coefficient (Wildman–Crippen LogP) is 3.25. The van der Waals surface area contributed by atoms with Crippen LogP contribution in [0.3, 0.4) is 0 Å². The Bertz CT molecular complexity index is 1460. The Morgan fingerprint density at radius 3 is 2.53 bits per heavy atom. The van der Waals surface area contributed by atoms with Crippen molar-refractivity contribution < 1.29 is 32.3 Å². The number of ether oxygens (including phenoxy) is 1. The van der Waals surface area contributed by atoms with Gasteiger partial charge in [-0.2, -0.15) is 12.7 Å². The van der Waals surface area contributed by atoms with Crippen molar-refractivity contribution in [2.45, 2.75) is 121 Å². The van der Waals surface area contributed by atoms with Crippen LogP contribution in [0.15, 0.2) is 36.7 Å². The van der Waals surface area contributed by atoms with Gasteiger partial charge in [-0.15, -0.1) is 0 Å². The number of nitrogens with one attached hydrogen (secondary N) is 3. The van der Waals surface area contributed by atoms with Gasteiger partial charge in [0.1, 0.15) is 11.6 Å². The minimum absolute atomic E-state index is 0.238. The molecule has 1 saturated carbocycles. The highest BCUT2D eigenvalue weighted by Gasteiger charge is 2.61. The molecule has 3 N–H and O–H groups in total. The number of allylic oxidation sites excluding steroid dienone is 1. The lowest BCUT2D eigenvalue weighted by molar-refractivity contribution is -0.146. The van der Waals surface area contributed by atoms with Crippen LogP contribution in [0.5, 0.6) is 0 Å². The van der Waals surface area contributed by atoms with Gasteiger partial charge in [-0.25, -0.2) is 9.52 Å². The molecule has 4 amide bonds. The zero-order valence-corrected chi connectivity index (χ0v) is 28.4. The molecule has 1 aromatic heterocycles. The Hall–Kier alpha value is -3.52. The number of hydrogen-bond donors (Lipinski definition) is 3. The Morgan fingerprint density at radius 1 is 1.02 bits per heavy atom. The summed E-state index contributed by atoms with van der Waals surface area (Å²) in [5.74, 6) is -2.17. The second-order valence-electron chi connectivity index (χ2n) is 14.1. The molecule has 3 aliphatic heterocycles. The Balaban J connectivity index is 1.35. The van der Waals surface area contributed by atoms with Gasteiger partial charge in [0.2, 0.25) is 5.91 Å². The van der Waals surface area contributed by atoms with E-state index in [0.717, 1.165) is 24.8 Å². The van der Waals surface area contributed by atoms with E-state index in [2.05, 4.69) is 20.3 Å². The van der Waals surface area contributed by atoms with E-state index < -0.39 is 69.2 Å². The largest absolute Gasteiger partial charge is 0.436 e. The van der Waals surface area contributed by atoms with E-state index in [-0.39, 0.29) is 13.0 Å². The van der Waals surface area contributed by atoms with Crippen molar-refractivity contribution in [2.75, 3.05) is 13.1 Å². The molecule has 1 aromatic rings. The highest BCUT2D eigenvalue weighted by Crippen LogP contribution is 2.46. The standard InChI is InChI=1S/C33H48N6O7S/c1-32(2,3)36-31(43)46-27-17-8-6-4-5-7-14-24-21-33(24,35-28(40)26-16-12-19-38(26)29(27)41)30(42)37-47(44,45)39-20-10-9-15-25(39)23-13-11-18-34-22-23/h7,11,13-14,18,22,24-27H,4-6,8-10,12,15-17,19-21H2,1-3H3,(H,35,40)(H,36,43)(H,37,42)/t24-,25?,26+,27+,33-/m1/s1. The van der Waals surface area contributed by atoms with Crippen LogP contribution >= 0.6 is 0 Å². The smallest absolute Gasteiger partial charge is 0.408 e. The molecule has 14 heteroatoms. The summed E-state index contributed by atoms with van der Waals surface area (Å²) in [6.45, 7) is 6.00. The van der Waals surface area contributed by atoms with E-state index in [0.29, 0.717) is 51.5 Å². The van der Waals surface area contributed by atoms with E-state index in [1.54, 1.807) is 18.5 Å². The Kier molecular flexibility index (Phi) is 10.6. The summed E-state index contributed by atoms with van der Waals surface area (Å²) in [7, 11) is -4.27. The number of aromatic nitrogens is 1. The minimum Gasteiger partial charge on any atom is -0.436 e. The third-order valence-corrected chi connectivity index (χ3v) is 10.9. The fraction of sp³-hybridized carbons (Fsp3) is 0.667. The molecule has 4 aliphatic rings. The molecule has 47 heavy (non-hydrogen) atoms. The second kappa shape index (κ2) is 14.3. The van der Waals surface area contributed by atoms with Crippen LogP contribution < -0.4 is 15.4 Å². The lowest BCUT2D eigenvalue weighted by Gasteiger charge is -2.35. The molecule has 0 radical (unpaired) electrons. The molecule has 0 spiro atoms. The summed E-state index contributed by atoms with van der Waals surface area (Å²) >= 11 is 0. The number of piperidine rings is 1. The van der Waals surface area contributed by atoms with Crippen molar-refractivity contribution in [3.05, 3.63) is 42.2 Å². The number of rotatable bonds is 5. The number of nitrogens with zero attached hydrogens (tertiary/aromatic N) is 3. The van der Waals surface area contributed by atoms with Crippen LogP contribution in [0.2, 0.25) is 0 Å². The van der Waals surface area contributed by atoms with Crippen LogP contribution in [0.25, 0.3) is 0 Å². The first-order valence-corrected chi connectivity index (χ1v) is 18.3. The van der Waals surface area contributed by atoms with Gasteiger partial charge in [0.25, 0.3) is 11.8 Å². The number of carbonyl (C=O) groups excluding carboxylic acids is 4.